The topological polar surface area (TPSA) is 24.9 Å². The summed E-state index contributed by atoms with van der Waals surface area (Å²) in [4.78, 5) is 4.11. The van der Waals surface area contributed by atoms with Crippen LogP contribution in [0.25, 0.3) is 0 Å². The molecule has 2 nitrogen and oxygen atoms in total. The zero-order valence-corrected chi connectivity index (χ0v) is 9.66. The van der Waals surface area contributed by atoms with Gasteiger partial charge in [0.1, 0.15) is 0 Å². The highest BCUT2D eigenvalue weighted by atomic mass is 14.9. The largest absolute Gasteiger partial charge is 0.314 e. The molecule has 0 amide bonds. The van der Waals surface area contributed by atoms with E-state index in [1.165, 1.54) is 24.0 Å². The first-order valence-corrected chi connectivity index (χ1v) is 5.90. The lowest BCUT2D eigenvalue weighted by atomic mass is 10.1. The van der Waals surface area contributed by atoms with Gasteiger partial charge >= 0.3 is 0 Å². The van der Waals surface area contributed by atoms with Crippen molar-refractivity contribution in [2.45, 2.75) is 39.2 Å². The van der Waals surface area contributed by atoms with E-state index < -0.39 is 0 Å². The molecule has 0 radical (unpaired) electrons. The van der Waals surface area contributed by atoms with Crippen LogP contribution in [0.2, 0.25) is 0 Å². The standard InChI is InChI=1S/C13H20N2/c1-10-9-14-7-5-12(10)6-8-15-11(2)13-3-4-13/h5,7,9,11,13,15H,3-4,6,8H2,1-2H3. The average Bonchev–Trinajstić information content (AvgIpc) is 3.04. The molecule has 1 N–H and O–H groups in total. The van der Waals surface area contributed by atoms with Crippen molar-refractivity contribution >= 4 is 0 Å². The van der Waals surface area contributed by atoms with Gasteiger partial charge in [-0.15, -0.1) is 0 Å². The molecule has 0 aromatic carbocycles. The molecule has 2 heteroatoms. The number of nitrogens with one attached hydrogen (secondary N) is 1. The van der Waals surface area contributed by atoms with Crippen LogP contribution in [0.1, 0.15) is 30.9 Å². The third kappa shape index (κ3) is 3.03. The number of nitrogens with zero attached hydrogens (tertiary/aromatic N) is 1. The Bertz CT molecular complexity index is 318. The van der Waals surface area contributed by atoms with E-state index in [9.17, 15) is 0 Å². The van der Waals surface area contributed by atoms with Gasteiger partial charge in [0.25, 0.3) is 0 Å². The summed E-state index contributed by atoms with van der Waals surface area (Å²) >= 11 is 0. The van der Waals surface area contributed by atoms with E-state index in [-0.39, 0.29) is 0 Å². The highest BCUT2D eigenvalue weighted by molar-refractivity contribution is 5.21. The SMILES string of the molecule is Cc1cnccc1CCNC(C)C1CC1. The van der Waals surface area contributed by atoms with Gasteiger partial charge in [-0.2, -0.15) is 0 Å². The van der Waals surface area contributed by atoms with Crippen molar-refractivity contribution in [1.82, 2.24) is 10.3 Å². The van der Waals surface area contributed by atoms with E-state index in [2.05, 4.69) is 30.2 Å². The number of hydrogen-bond acceptors (Lipinski definition) is 2. The molecule has 0 bridgehead atoms. The second-order valence-corrected chi connectivity index (χ2v) is 4.63. The maximum absolute atomic E-state index is 4.11. The molecule has 1 fully saturated rings. The van der Waals surface area contributed by atoms with E-state index in [0.717, 1.165) is 18.9 Å². The van der Waals surface area contributed by atoms with Gasteiger partial charge in [-0.25, -0.2) is 0 Å². The lowest BCUT2D eigenvalue weighted by Crippen LogP contribution is -2.29. The molecular formula is C13H20N2. The van der Waals surface area contributed by atoms with Gasteiger partial charge in [-0.3, -0.25) is 4.98 Å². The average molecular weight is 204 g/mol. The van der Waals surface area contributed by atoms with Gasteiger partial charge in [-0.05, 0) is 62.8 Å². The van der Waals surface area contributed by atoms with E-state index >= 15 is 0 Å². The van der Waals surface area contributed by atoms with Crippen LogP contribution in [-0.4, -0.2) is 17.6 Å². The second-order valence-electron chi connectivity index (χ2n) is 4.63. The third-order valence-corrected chi connectivity index (χ3v) is 3.33. The van der Waals surface area contributed by atoms with E-state index in [0.29, 0.717) is 6.04 Å². The molecule has 1 saturated carbocycles. The first-order valence-electron chi connectivity index (χ1n) is 5.90. The highest BCUT2D eigenvalue weighted by Gasteiger charge is 2.27. The second kappa shape index (κ2) is 4.75. The molecule has 2 rings (SSSR count). The molecule has 1 unspecified atom stereocenters. The van der Waals surface area contributed by atoms with E-state index in [1.54, 1.807) is 0 Å². The molecule has 1 atom stereocenters. The van der Waals surface area contributed by atoms with Gasteiger partial charge in [0.05, 0.1) is 0 Å². The highest BCUT2D eigenvalue weighted by Crippen LogP contribution is 2.32. The molecule has 1 aromatic heterocycles. The number of hydrogen-bond donors (Lipinski definition) is 1. The summed E-state index contributed by atoms with van der Waals surface area (Å²) in [5, 5.41) is 3.60. The first kappa shape index (κ1) is 10.6. The van der Waals surface area contributed by atoms with Crippen molar-refractivity contribution < 1.29 is 0 Å². The van der Waals surface area contributed by atoms with Crippen LogP contribution in [-0.2, 0) is 6.42 Å². The number of rotatable bonds is 5. The predicted molar refractivity (Wildman–Crippen MR) is 62.9 cm³/mol. The maximum Gasteiger partial charge on any atom is 0.0299 e. The summed E-state index contributed by atoms with van der Waals surface area (Å²) in [5.74, 6) is 0.948. The zero-order chi connectivity index (χ0) is 10.7. The zero-order valence-electron chi connectivity index (χ0n) is 9.66. The molecule has 15 heavy (non-hydrogen) atoms. The van der Waals surface area contributed by atoms with Crippen molar-refractivity contribution in [2.75, 3.05) is 6.54 Å². The summed E-state index contributed by atoms with van der Waals surface area (Å²) < 4.78 is 0. The van der Waals surface area contributed by atoms with Gasteiger partial charge in [0.2, 0.25) is 0 Å². The molecule has 0 aliphatic heterocycles. The summed E-state index contributed by atoms with van der Waals surface area (Å²) in [6.45, 7) is 5.52. The molecule has 1 heterocycles. The van der Waals surface area contributed by atoms with Gasteiger partial charge in [0.15, 0.2) is 0 Å². The fourth-order valence-corrected chi connectivity index (χ4v) is 1.98. The van der Waals surface area contributed by atoms with Crippen molar-refractivity contribution in [3.05, 3.63) is 29.6 Å². The van der Waals surface area contributed by atoms with Crippen LogP contribution in [0.4, 0.5) is 0 Å². The number of aromatic nitrogens is 1. The fraction of sp³-hybridized carbons (Fsp3) is 0.615. The molecule has 0 saturated heterocycles. The van der Waals surface area contributed by atoms with Crippen LogP contribution in [0.5, 0.6) is 0 Å². The lowest BCUT2D eigenvalue weighted by molar-refractivity contribution is 0.500. The molecule has 0 spiro atoms. The lowest BCUT2D eigenvalue weighted by Gasteiger charge is -2.13. The Morgan fingerprint density at radius 2 is 2.33 bits per heavy atom. The van der Waals surface area contributed by atoms with Crippen molar-refractivity contribution in [3.8, 4) is 0 Å². The van der Waals surface area contributed by atoms with Crippen LogP contribution in [0, 0.1) is 12.8 Å². The monoisotopic (exact) mass is 204 g/mol. The Hall–Kier alpha value is -0.890. The van der Waals surface area contributed by atoms with Crippen LogP contribution >= 0.6 is 0 Å². The summed E-state index contributed by atoms with van der Waals surface area (Å²) in [6.07, 6.45) is 7.78. The van der Waals surface area contributed by atoms with Crippen molar-refractivity contribution in [1.29, 1.82) is 0 Å². The normalized spacial score (nSPS) is 17.7. The number of aryl methyl sites for hydroxylation is 1. The molecule has 1 aromatic rings. The fourth-order valence-electron chi connectivity index (χ4n) is 1.98. The minimum atomic E-state index is 0.701. The van der Waals surface area contributed by atoms with Gasteiger partial charge in [-0.1, -0.05) is 0 Å². The Morgan fingerprint density at radius 1 is 1.53 bits per heavy atom. The van der Waals surface area contributed by atoms with Crippen molar-refractivity contribution in [3.63, 3.8) is 0 Å². The minimum absolute atomic E-state index is 0.701. The molecule has 1 aliphatic rings. The Morgan fingerprint density at radius 3 is 3.00 bits per heavy atom. The van der Waals surface area contributed by atoms with Gasteiger partial charge in [0, 0.05) is 18.4 Å². The summed E-state index contributed by atoms with van der Waals surface area (Å²) in [5.41, 5.74) is 2.72. The predicted octanol–water partition coefficient (Wildman–Crippen LogP) is 2.32. The molecule has 82 valence electrons. The smallest absolute Gasteiger partial charge is 0.0299 e. The molecular weight excluding hydrogens is 184 g/mol. The van der Waals surface area contributed by atoms with E-state index in [1.807, 2.05) is 12.4 Å². The van der Waals surface area contributed by atoms with E-state index in [4.69, 9.17) is 0 Å². The minimum Gasteiger partial charge on any atom is -0.314 e. The van der Waals surface area contributed by atoms with Crippen LogP contribution < -0.4 is 5.32 Å². The van der Waals surface area contributed by atoms with Crippen LogP contribution in [0.3, 0.4) is 0 Å². The Labute approximate surface area is 92.1 Å². The Kier molecular flexibility index (Phi) is 3.37. The van der Waals surface area contributed by atoms with Gasteiger partial charge < -0.3 is 5.32 Å². The molecule has 1 aliphatic carbocycles. The summed E-state index contributed by atoms with van der Waals surface area (Å²) in [6, 6.07) is 2.82. The summed E-state index contributed by atoms with van der Waals surface area (Å²) in [7, 11) is 0. The first-order chi connectivity index (χ1) is 7.27. The van der Waals surface area contributed by atoms with Crippen LogP contribution in [0.15, 0.2) is 18.5 Å². The van der Waals surface area contributed by atoms with Crippen molar-refractivity contribution in [2.24, 2.45) is 5.92 Å². The Balaban J connectivity index is 1.75. The number of pyridine rings is 1. The third-order valence-electron chi connectivity index (χ3n) is 3.33. The quantitative estimate of drug-likeness (QED) is 0.796. The maximum atomic E-state index is 4.11.